The number of nitrogens with zero attached hydrogens (tertiary/aromatic N) is 5. The van der Waals surface area contributed by atoms with E-state index < -0.39 is 0 Å². The Balaban J connectivity index is 1.72. The number of anilines is 2. The molecule has 0 aliphatic rings. The van der Waals surface area contributed by atoms with Crippen LogP contribution in [0.1, 0.15) is 0 Å². The van der Waals surface area contributed by atoms with E-state index >= 15 is 0 Å². The van der Waals surface area contributed by atoms with Gasteiger partial charge in [0.05, 0.1) is 23.6 Å². The summed E-state index contributed by atoms with van der Waals surface area (Å²) < 4.78 is 1.71. The van der Waals surface area contributed by atoms with Gasteiger partial charge in [-0.05, 0) is 18.2 Å². The van der Waals surface area contributed by atoms with E-state index in [2.05, 4.69) is 30.6 Å². The lowest BCUT2D eigenvalue weighted by atomic mass is 10.3. The molecule has 0 fully saturated rings. The summed E-state index contributed by atoms with van der Waals surface area (Å²) in [6.07, 6.45) is 5.26. The first-order valence-electron chi connectivity index (χ1n) is 5.76. The van der Waals surface area contributed by atoms with Crippen molar-refractivity contribution < 1.29 is 0 Å². The van der Waals surface area contributed by atoms with Crippen molar-refractivity contribution in [1.29, 1.82) is 0 Å². The summed E-state index contributed by atoms with van der Waals surface area (Å²) >= 11 is 0. The van der Waals surface area contributed by atoms with Crippen molar-refractivity contribution >= 4 is 28.3 Å². The molecule has 0 amide bonds. The smallest absolute Gasteiger partial charge is 0.247 e. The SMILES string of the molecule is c1ccn2nc(Nc3cnc4cn[nH]c4c3)nc2c1. The first-order chi connectivity index (χ1) is 9.38. The molecule has 2 N–H and O–H groups in total. The molecular formula is C12H9N7. The summed E-state index contributed by atoms with van der Waals surface area (Å²) in [5.74, 6) is 0.534. The molecule has 4 heterocycles. The highest BCUT2D eigenvalue weighted by molar-refractivity contribution is 5.77. The van der Waals surface area contributed by atoms with Gasteiger partial charge < -0.3 is 5.32 Å². The fraction of sp³-hybridized carbons (Fsp3) is 0. The summed E-state index contributed by atoms with van der Waals surface area (Å²) in [5, 5.41) is 14.2. The van der Waals surface area contributed by atoms with Crippen molar-refractivity contribution in [2.24, 2.45) is 0 Å². The Bertz CT molecular complexity index is 827. The second kappa shape index (κ2) is 3.77. The number of H-pyrrole nitrogens is 1. The van der Waals surface area contributed by atoms with Crippen LogP contribution in [0.15, 0.2) is 42.9 Å². The molecule has 0 radical (unpaired) electrons. The van der Waals surface area contributed by atoms with Crippen LogP contribution >= 0.6 is 0 Å². The minimum absolute atomic E-state index is 0.534. The molecule has 4 aromatic rings. The summed E-state index contributed by atoms with van der Waals surface area (Å²) in [6.45, 7) is 0. The number of aromatic nitrogens is 6. The van der Waals surface area contributed by atoms with E-state index in [0.717, 1.165) is 22.4 Å². The molecule has 0 bridgehead atoms. The van der Waals surface area contributed by atoms with Gasteiger partial charge >= 0.3 is 0 Å². The number of hydrogen-bond acceptors (Lipinski definition) is 5. The Morgan fingerprint density at radius 1 is 1.21 bits per heavy atom. The minimum atomic E-state index is 0.534. The van der Waals surface area contributed by atoms with E-state index in [1.807, 2.05) is 30.5 Å². The van der Waals surface area contributed by atoms with Crippen LogP contribution in [0.25, 0.3) is 16.7 Å². The normalized spacial score (nSPS) is 11.2. The average Bonchev–Trinajstić information content (AvgIpc) is 3.03. The van der Waals surface area contributed by atoms with Crippen molar-refractivity contribution in [2.45, 2.75) is 0 Å². The average molecular weight is 251 g/mol. The largest absolute Gasteiger partial charge is 0.321 e. The van der Waals surface area contributed by atoms with Crippen molar-refractivity contribution in [2.75, 3.05) is 5.32 Å². The van der Waals surface area contributed by atoms with Gasteiger partial charge in [0.2, 0.25) is 5.95 Å². The molecule has 0 saturated heterocycles. The molecule has 0 aromatic carbocycles. The Kier molecular flexibility index (Phi) is 1.99. The fourth-order valence-electron chi connectivity index (χ4n) is 1.91. The van der Waals surface area contributed by atoms with Crippen LogP contribution < -0.4 is 5.32 Å². The zero-order valence-corrected chi connectivity index (χ0v) is 9.78. The van der Waals surface area contributed by atoms with Crippen LogP contribution in [-0.4, -0.2) is 29.8 Å². The Morgan fingerprint density at radius 3 is 3.16 bits per heavy atom. The minimum Gasteiger partial charge on any atom is -0.321 e. The number of hydrogen-bond donors (Lipinski definition) is 2. The second-order valence-electron chi connectivity index (χ2n) is 4.09. The molecule has 0 saturated carbocycles. The highest BCUT2D eigenvalue weighted by atomic mass is 15.3. The summed E-state index contributed by atoms with van der Waals surface area (Å²) in [6, 6.07) is 7.64. The molecule has 4 rings (SSSR count). The predicted molar refractivity (Wildman–Crippen MR) is 70.2 cm³/mol. The van der Waals surface area contributed by atoms with Crippen molar-refractivity contribution in [3.63, 3.8) is 0 Å². The fourth-order valence-corrected chi connectivity index (χ4v) is 1.91. The molecule has 0 unspecified atom stereocenters. The molecule has 19 heavy (non-hydrogen) atoms. The van der Waals surface area contributed by atoms with Gasteiger partial charge in [-0.3, -0.25) is 10.1 Å². The summed E-state index contributed by atoms with van der Waals surface area (Å²) in [7, 11) is 0. The highest BCUT2D eigenvalue weighted by Crippen LogP contribution is 2.17. The topological polar surface area (TPSA) is 83.8 Å². The number of aromatic amines is 1. The van der Waals surface area contributed by atoms with Gasteiger partial charge in [0, 0.05) is 6.20 Å². The first kappa shape index (κ1) is 10.0. The van der Waals surface area contributed by atoms with Crippen LogP contribution in [0, 0.1) is 0 Å². The molecule has 4 aromatic heterocycles. The van der Waals surface area contributed by atoms with E-state index in [9.17, 15) is 0 Å². The van der Waals surface area contributed by atoms with Gasteiger partial charge in [-0.25, -0.2) is 4.52 Å². The van der Waals surface area contributed by atoms with Gasteiger partial charge in [-0.15, -0.1) is 5.10 Å². The molecule has 0 atom stereocenters. The van der Waals surface area contributed by atoms with E-state index in [4.69, 9.17) is 0 Å². The van der Waals surface area contributed by atoms with E-state index in [-0.39, 0.29) is 0 Å². The van der Waals surface area contributed by atoms with Gasteiger partial charge in [0.15, 0.2) is 5.65 Å². The lowest BCUT2D eigenvalue weighted by molar-refractivity contribution is 0.965. The third-order valence-corrected chi connectivity index (χ3v) is 2.79. The third-order valence-electron chi connectivity index (χ3n) is 2.79. The summed E-state index contributed by atoms with van der Waals surface area (Å²) in [4.78, 5) is 8.64. The monoisotopic (exact) mass is 251 g/mol. The predicted octanol–water partition coefficient (Wildman–Crippen LogP) is 1.74. The maximum absolute atomic E-state index is 4.36. The van der Waals surface area contributed by atoms with Crippen LogP contribution in [0.3, 0.4) is 0 Å². The van der Waals surface area contributed by atoms with E-state index in [0.29, 0.717) is 5.95 Å². The second-order valence-corrected chi connectivity index (χ2v) is 4.09. The molecule has 0 spiro atoms. The first-order valence-corrected chi connectivity index (χ1v) is 5.76. The van der Waals surface area contributed by atoms with E-state index in [1.54, 1.807) is 16.9 Å². The zero-order chi connectivity index (χ0) is 12.7. The molecular weight excluding hydrogens is 242 g/mol. The van der Waals surface area contributed by atoms with Gasteiger partial charge in [0.1, 0.15) is 5.52 Å². The molecule has 7 heteroatoms. The lowest BCUT2D eigenvalue weighted by Gasteiger charge is -1.99. The van der Waals surface area contributed by atoms with Gasteiger partial charge in [-0.1, -0.05) is 6.07 Å². The standard InChI is InChI=1S/C12H9N7/c1-2-4-19-11(3-1)16-12(18-19)15-8-5-9-10(13-6-8)7-14-17-9/h1-7H,(H,14,17)(H,15,18). The molecule has 92 valence electrons. The maximum Gasteiger partial charge on any atom is 0.247 e. The quantitative estimate of drug-likeness (QED) is 0.567. The number of rotatable bonds is 2. The Morgan fingerprint density at radius 2 is 2.21 bits per heavy atom. The lowest BCUT2D eigenvalue weighted by Crippen LogP contribution is -1.94. The number of fused-ring (bicyclic) bond motifs is 2. The van der Waals surface area contributed by atoms with Gasteiger partial charge in [-0.2, -0.15) is 10.1 Å². The van der Waals surface area contributed by atoms with Crippen molar-refractivity contribution in [1.82, 2.24) is 29.8 Å². The van der Waals surface area contributed by atoms with Gasteiger partial charge in [0.25, 0.3) is 0 Å². The number of nitrogens with one attached hydrogen (secondary N) is 2. The van der Waals surface area contributed by atoms with Crippen LogP contribution in [0.4, 0.5) is 11.6 Å². The molecule has 7 nitrogen and oxygen atoms in total. The Hall–Kier alpha value is -2.96. The number of pyridine rings is 2. The van der Waals surface area contributed by atoms with Crippen molar-refractivity contribution in [3.05, 3.63) is 42.9 Å². The summed E-state index contributed by atoms with van der Waals surface area (Å²) in [5.41, 5.74) is 3.30. The van der Waals surface area contributed by atoms with Crippen LogP contribution in [0.5, 0.6) is 0 Å². The Labute approximate surface area is 107 Å². The van der Waals surface area contributed by atoms with Crippen LogP contribution in [0.2, 0.25) is 0 Å². The van der Waals surface area contributed by atoms with Crippen molar-refractivity contribution in [3.8, 4) is 0 Å². The maximum atomic E-state index is 4.36. The van der Waals surface area contributed by atoms with Crippen LogP contribution in [-0.2, 0) is 0 Å². The van der Waals surface area contributed by atoms with E-state index in [1.165, 1.54) is 0 Å². The highest BCUT2D eigenvalue weighted by Gasteiger charge is 2.04. The molecule has 0 aliphatic carbocycles. The zero-order valence-electron chi connectivity index (χ0n) is 9.78. The molecule has 0 aliphatic heterocycles. The third kappa shape index (κ3) is 1.68.